The first-order valence-electron chi connectivity index (χ1n) is 6.14. The molecule has 1 unspecified atom stereocenters. The lowest BCUT2D eigenvalue weighted by molar-refractivity contribution is 0.407. The standard InChI is InChI=1S/C14H21N3/c1-14(2,3)10-16-13-15-9-12(17-13)11-7-5-4-6-8-11/h4-8,12H,9-10H2,1-3H3,(H2,15,16,17). The Bertz CT molecular complexity index is 390. The third kappa shape index (κ3) is 3.48. The molecule has 1 aromatic rings. The summed E-state index contributed by atoms with van der Waals surface area (Å²) >= 11 is 0. The molecule has 1 aliphatic heterocycles. The van der Waals surface area contributed by atoms with Crippen LogP contribution >= 0.6 is 0 Å². The fourth-order valence-electron chi connectivity index (χ4n) is 1.77. The van der Waals surface area contributed by atoms with E-state index >= 15 is 0 Å². The first kappa shape index (κ1) is 12.0. The predicted octanol–water partition coefficient (Wildman–Crippen LogP) is 2.32. The molecule has 1 atom stereocenters. The van der Waals surface area contributed by atoms with Crippen molar-refractivity contribution in [3.8, 4) is 0 Å². The first-order valence-corrected chi connectivity index (χ1v) is 6.14. The maximum atomic E-state index is 4.49. The van der Waals surface area contributed by atoms with Crippen molar-refractivity contribution >= 4 is 5.96 Å². The largest absolute Gasteiger partial charge is 0.356 e. The summed E-state index contributed by atoms with van der Waals surface area (Å²) in [4.78, 5) is 4.49. The molecule has 3 nitrogen and oxygen atoms in total. The monoisotopic (exact) mass is 231 g/mol. The zero-order valence-corrected chi connectivity index (χ0v) is 10.8. The van der Waals surface area contributed by atoms with Crippen LogP contribution in [0.4, 0.5) is 0 Å². The van der Waals surface area contributed by atoms with Crippen molar-refractivity contribution < 1.29 is 0 Å². The normalized spacial score (nSPS) is 19.7. The lowest BCUT2D eigenvalue weighted by atomic mass is 9.97. The van der Waals surface area contributed by atoms with E-state index in [-0.39, 0.29) is 5.41 Å². The van der Waals surface area contributed by atoms with Gasteiger partial charge in [-0.3, -0.25) is 4.99 Å². The average molecular weight is 231 g/mol. The van der Waals surface area contributed by atoms with Crippen molar-refractivity contribution in [2.24, 2.45) is 10.4 Å². The van der Waals surface area contributed by atoms with Gasteiger partial charge in [-0.15, -0.1) is 0 Å². The van der Waals surface area contributed by atoms with E-state index in [1.54, 1.807) is 0 Å². The molecule has 92 valence electrons. The summed E-state index contributed by atoms with van der Waals surface area (Å²) in [6.45, 7) is 8.38. The van der Waals surface area contributed by atoms with Gasteiger partial charge in [-0.05, 0) is 11.0 Å². The van der Waals surface area contributed by atoms with Crippen molar-refractivity contribution in [3.63, 3.8) is 0 Å². The van der Waals surface area contributed by atoms with Crippen LogP contribution in [0.2, 0.25) is 0 Å². The van der Waals surface area contributed by atoms with E-state index in [9.17, 15) is 0 Å². The minimum absolute atomic E-state index is 0.273. The summed E-state index contributed by atoms with van der Waals surface area (Å²) in [5.41, 5.74) is 1.57. The third-order valence-electron chi connectivity index (χ3n) is 2.73. The third-order valence-corrected chi connectivity index (χ3v) is 2.73. The molecule has 1 aromatic carbocycles. The molecular weight excluding hydrogens is 210 g/mol. The van der Waals surface area contributed by atoms with Gasteiger partial charge in [0.2, 0.25) is 0 Å². The van der Waals surface area contributed by atoms with Crippen LogP contribution in [0.5, 0.6) is 0 Å². The molecule has 0 saturated carbocycles. The Kier molecular flexibility index (Phi) is 3.36. The highest BCUT2D eigenvalue weighted by atomic mass is 15.2. The molecule has 3 heteroatoms. The predicted molar refractivity (Wildman–Crippen MR) is 72.1 cm³/mol. The van der Waals surface area contributed by atoms with Gasteiger partial charge in [0.15, 0.2) is 5.96 Å². The molecule has 0 bridgehead atoms. The Labute approximate surface area is 103 Å². The first-order chi connectivity index (χ1) is 8.04. The maximum Gasteiger partial charge on any atom is 0.191 e. The number of rotatable bonds is 2. The number of nitrogens with one attached hydrogen (secondary N) is 2. The van der Waals surface area contributed by atoms with Crippen LogP contribution in [0.15, 0.2) is 35.3 Å². The van der Waals surface area contributed by atoms with Crippen molar-refractivity contribution in [1.29, 1.82) is 0 Å². The summed E-state index contributed by atoms with van der Waals surface area (Å²) in [5.74, 6) is 0.925. The Morgan fingerprint density at radius 1 is 1.29 bits per heavy atom. The van der Waals surface area contributed by atoms with Crippen LogP contribution in [0, 0.1) is 5.41 Å². The second kappa shape index (κ2) is 4.78. The fraction of sp³-hybridized carbons (Fsp3) is 0.500. The highest BCUT2D eigenvalue weighted by molar-refractivity contribution is 5.82. The van der Waals surface area contributed by atoms with E-state index in [4.69, 9.17) is 0 Å². The van der Waals surface area contributed by atoms with Crippen molar-refractivity contribution in [1.82, 2.24) is 10.6 Å². The minimum Gasteiger partial charge on any atom is -0.356 e. The number of hydrogen-bond donors (Lipinski definition) is 2. The van der Waals surface area contributed by atoms with Gasteiger partial charge < -0.3 is 10.6 Å². The maximum absolute atomic E-state index is 4.49. The summed E-state index contributed by atoms with van der Waals surface area (Å²) in [6.07, 6.45) is 0. The van der Waals surface area contributed by atoms with Gasteiger partial charge in [-0.1, -0.05) is 51.1 Å². The summed E-state index contributed by atoms with van der Waals surface area (Å²) in [5, 5.41) is 6.78. The molecular formula is C14H21N3. The smallest absolute Gasteiger partial charge is 0.191 e. The molecule has 0 aliphatic carbocycles. The zero-order valence-electron chi connectivity index (χ0n) is 10.8. The van der Waals surface area contributed by atoms with Crippen LogP contribution in [-0.2, 0) is 0 Å². The van der Waals surface area contributed by atoms with E-state index in [2.05, 4.69) is 60.7 Å². The van der Waals surface area contributed by atoms with Crippen molar-refractivity contribution in [2.45, 2.75) is 26.8 Å². The van der Waals surface area contributed by atoms with Crippen LogP contribution < -0.4 is 10.6 Å². The van der Waals surface area contributed by atoms with Gasteiger partial charge in [-0.2, -0.15) is 0 Å². The van der Waals surface area contributed by atoms with Gasteiger partial charge >= 0.3 is 0 Å². The Hall–Kier alpha value is -1.51. The minimum atomic E-state index is 0.273. The molecule has 0 saturated heterocycles. The second-order valence-corrected chi connectivity index (χ2v) is 5.71. The topological polar surface area (TPSA) is 36.4 Å². The number of guanidine groups is 1. The van der Waals surface area contributed by atoms with E-state index < -0.39 is 0 Å². The Balaban J connectivity index is 1.87. The molecule has 0 radical (unpaired) electrons. The van der Waals surface area contributed by atoms with E-state index in [1.807, 2.05) is 6.07 Å². The summed E-state index contributed by atoms with van der Waals surface area (Å²) in [7, 11) is 0. The molecule has 1 heterocycles. The number of hydrogen-bond acceptors (Lipinski definition) is 3. The Morgan fingerprint density at radius 2 is 2.00 bits per heavy atom. The molecule has 17 heavy (non-hydrogen) atoms. The SMILES string of the molecule is CC(C)(C)CNC1=NCC(c2ccccc2)N1. The highest BCUT2D eigenvalue weighted by Crippen LogP contribution is 2.16. The van der Waals surface area contributed by atoms with Gasteiger partial charge in [0.05, 0.1) is 12.6 Å². The molecule has 1 aliphatic rings. The van der Waals surface area contributed by atoms with Crippen LogP contribution in [0.3, 0.4) is 0 Å². The summed E-state index contributed by atoms with van der Waals surface area (Å²) in [6, 6.07) is 10.8. The van der Waals surface area contributed by atoms with Crippen molar-refractivity contribution in [2.75, 3.05) is 13.1 Å². The van der Waals surface area contributed by atoms with Crippen LogP contribution in [-0.4, -0.2) is 19.0 Å². The lowest BCUT2D eigenvalue weighted by Crippen LogP contribution is -2.39. The van der Waals surface area contributed by atoms with Gasteiger partial charge in [0.1, 0.15) is 0 Å². The van der Waals surface area contributed by atoms with E-state index in [1.165, 1.54) is 5.56 Å². The zero-order chi connectivity index (χ0) is 12.3. The number of benzene rings is 1. The highest BCUT2D eigenvalue weighted by Gasteiger charge is 2.19. The van der Waals surface area contributed by atoms with Crippen molar-refractivity contribution in [3.05, 3.63) is 35.9 Å². The van der Waals surface area contributed by atoms with Crippen LogP contribution in [0.1, 0.15) is 32.4 Å². The Morgan fingerprint density at radius 3 is 2.65 bits per heavy atom. The molecule has 0 spiro atoms. The van der Waals surface area contributed by atoms with Gasteiger partial charge in [0.25, 0.3) is 0 Å². The van der Waals surface area contributed by atoms with E-state index in [0.29, 0.717) is 6.04 Å². The lowest BCUT2D eigenvalue weighted by Gasteiger charge is -2.20. The summed E-state index contributed by atoms with van der Waals surface area (Å²) < 4.78 is 0. The second-order valence-electron chi connectivity index (χ2n) is 5.71. The average Bonchev–Trinajstić information content (AvgIpc) is 2.75. The van der Waals surface area contributed by atoms with Gasteiger partial charge in [0, 0.05) is 6.54 Å². The molecule has 0 aromatic heterocycles. The molecule has 2 N–H and O–H groups in total. The molecule has 0 amide bonds. The number of aliphatic imine (C=N–C) groups is 1. The quantitative estimate of drug-likeness (QED) is 0.819. The fourth-order valence-corrected chi connectivity index (χ4v) is 1.77. The van der Waals surface area contributed by atoms with Gasteiger partial charge in [-0.25, -0.2) is 0 Å². The van der Waals surface area contributed by atoms with E-state index in [0.717, 1.165) is 19.0 Å². The van der Waals surface area contributed by atoms with Crippen LogP contribution in [0.25, 0.3) is 0 Å². The molecule has 2 rings (SSSR count). The molecule has 0 fully saturated rings. The number of nitrogens with zero attached hydrogens (tertiary/aromatic N) is 1.